The first kappa shape index (κ1) is 17.1. The summed E-state index contributed by atoms with van der Waals surface area (Å²) in [6.07, 6.45) is -0.596. The highest BCUT2D eigenvalue weighted by atomic mass is 32.2. The summed E-state index contributed by atoms with van der Waals surface area (Å²) in [7, 11) is -3.10. The van der Waals surface area contributed by atoms with Gasteiger partial charge in [-0.15, -0.1) is 0 Å². The third-order valence-corrected chi connectivity index (χ3v) is 5.42. The molecule has 2 amide bonds. The molecule has 0 aliphatic carbocycles. The summed E-state index contributed by atoms with van der Waals surface area (Å²) in [4.78, 5) is 25.4. The molecule has 2 aliphatic rings. The molecule has 22 heavy (non-hydrogen) atoms. The van der Waals surface area contributed by atoms with Gasteiger partial charge in [0.05, 0.1) is 24.1 Å². The summed E-state index contributed by atoms with van der Waals surface area (Å²) in [6, 6.07) is -1.91. The standard InChI is InChI=1S/C12H19F2N3O4S/c1-8(11(19)17-2-4-22(20,21)5-3-17)16-10(18)9-6-12(13,14)7-15-9/h8-9,15H,2-7H2,1H3,(H,16,18). The monoisotopic (exact) mass is 339 g/mol. The van der Waals surface area contributed by atoms with Crippen LogP contribution in [0, 0.1) is 0 Å². The highest BCUT2D eigenvalue weighted by molar-refractivity contribution is 7.91. The number of nitrogens with one attached hydrogen (secondary N) is 2. The van der Waals surface area contributed by atoms with Crippen LogP contribution < -0.4 is 10.6 Å². The average molecular weight is 339 g/mol. The quantitative estimate of drug-likeness (QED) is 0.670. The molecule has 2 saturated heterocycles. The van der Waals surface area contributed by atoms with E-state index in [1.165, 1.54) is 11.8 Å². The number of amides is 2. The van der Waals surface area contributed by atoms with Crippen molar-refractivity contribution in [1.82, 2.24) is 15.5 Å². The average Bonchev–Trinajstić information content (AvgIpc) is 2.78. The molecule has 0 aromatic rings. The van der Waals surface area contributed by atoms with Gasteiger partial charge in [0.2, 0.25) is 11.8 Å². The lowest BCUT2D eigenvalue weighted by Gasteiger charge is -2.29. The van der Waals surface area contributed by atoms with E-state index >= 15 is 0 Å². The topological polar surface area (TPSA) is 95.6 Å². The first-order valence-electron chi connectivity index (χ1n) is 7.00. The molecule has 2 atom stereocenters. The van der Waals surface area contributed by atoms with Crippen LogP contribution in [0.25, 0.3) is 0 Å². The van der Waals surface area contributed by atoms with Gasteiger partial charge in [-0.1, -0.05) is 0 Å². The third kappa shape index (κ3) is 4.13. The number of nitrogens with zero attached hydrogens (tertiary/aromatic N) is 1. The first-order chi connectivity index (χ1) is 10.1. The summed E-state index contributed by atoms with van der Waals surface area (Å²) < 4.78 is 48.7. The third-order valence-electron chi connectivity index (χ3n) is 3.81. The summed E-state index contributed by atoms with van der Waals surface area (Å²) in [6.45, 7) is 1.07. The van der Waals surface area contributed by atoms with Crippen LogP contribution >= 0.6 is 0 Å². The van der Waals surface area contributed by atoms with E-state index in [-0.39, 0.29) is 24.6 Å². The van der Waals surface area contributed by atoms with Crippen molar-refractivity contribution in [3.05, 3.63) is 0 Å². The molecule has 0 saturated carbocycles. The Bertz CT molecular complexity index is 553. The fraction of sp³-hybridized carbons (Fsp3) is 0.833. The number of hydrogen-bond acceptors (Lipinski definition) is 5. The van der Waals surface area contributed by atoms with Gasteiger partial charge in [0.1, 0.15) is 6.04 Å². The predicted octanol–water partition coefficient (Wildman–Crippen LogP) is -1.25. The zero-order valence-electron chi connectivity index (χ0n) is 12.1. The number of carbonyl (C=O) groups is 2. The molecule has 2 rings (SSSR count). The molecule has 2 unspecified atom stereocenters. The lowest BCUT2D eigenvalue weighted by atomic mass is 10.1. The van der Waals surface area contributed by atoms with Crippen molar-refractivity contribution >= 4 is 21.7 Å². The van der Waals surface area contributed by atoms with Crippen LogP contribution in [-0.4, -0.2) is 74.3 Å². The van der Waals surface area contributed by atoms with Gasteiger partial charge in [-0.05, 0) is 6.92 Å². The fourth-order valence-corrected chi connectivity index (χ4v) is 3.68. The van der Waals surface area contributed by atoms with Crippen LogP contribution in [0.5, 0.6) is 0 Å². The molecule has 0 spiro atoms. The number of hydrogen-bond donors (Lipinski definition) is 2. The van der Waals surface area contributed by atoms with Crippen LogP contribution in [0.3, 0.4) is 0 Å². The molecule has 126 valence electrons. The summed E-state index contributed by atoms with van der Waals surface area (Å²) in [5, 5.41) is 4.82. The Morgan fingerprint density at radius 2 is 1.91 bits per heavy atom. The van der Waals surface area contributed by atoms with Crippen molar-refractivity contribution in [2.75, 3.05) is 31.1 Å². The van der Waals surface area contributed by atoms with Crippen molar-refractivity contribution in [3.8, 4) is 0 Å². The Hall–Kier alpha value is -1.29. The highest BCUT2D eigenvalue weighted by Gasteiger charge is 2.42. The van der Waals surface area contributed by atoms with Gasteiger partial charge in [-0.2, -0.15) is 0 Å². The van der Waals surface area contributed by atoms with Gasteiger partial charge in [-0.3, -0.25) is 14.9 Å². The maximum absolute atomic E-state index is 13.0. The largest absolute Gasteiger partial charge is 0.343 e. The zero-order valence-corrected chi connectivity index (χ0v) is 13.0. The maximum atomic E-state index is 13.0. The number of alkyl halides is 2. The van der Waals surface area contributed by atoms with Crippen molar-refractivity contribution in [1.29, 1.82) is 0 Å². The molecule has 10 heteroatoms. The molecule has 2 fully saturated rings. The number of carbonyl (C=O) groups excluding carboxylic acids is 2. The molecule has 2 aliphatic heterocycles. The molecule has 0 aromatic carbocycles. The minimum absolute atomic E-state index is 0.0845. The molecule has 7 nitrogen and oxygen atoms in total. The van der Waals surface area contributed by atoms with Gasteiger partial charge in [0, 0.05) is 19.5 Å². The molecule has 0 aromatic heterocycles. The molecule has 0 bridgehead atoms. The number of sulfone groups is 1. The van der Waals surface area contributed by atoms with E-state index < -0.39 is 52.6 Å². The molecular formula is C12H19F2N3O4S. The van der Waals surface area contributed by atoms with Crippen LogP contribution in [0.4, 0.5) is 8.78 Å². The van der Waals surface area contributed by atoms with E-state index in [0.29, 0.717) is 0 Å². The van der Waals surface area contributed by atoms with Crippen molar-refractivity contribution in [2.45, 2.75) is 31.4 Å². The smallest absolute Gasteiger partial charge is 0.262 e. The van der Waals surface area contributed by atoms with Crippen LogP contribution in [0.15, 0.2) is 0 Å². The predicted molar refractivity (Wildman–Crippen MR) is 74.2 cm³/mol. The van der Waals surface area contributed by atoms with E-state index in [0.717, 1.165) is 0 Å². The van der Waals surface area contributed by atoms with E-state index in [1.54, 1.807) is 0 Å². The Morgan fingerprint density at radius 1 is 1.32 bits per heavy atom. The van der Waals surface area contributed by atoms with E-state index in [1.807, 2.05) is 0 Å². The number of halogens is 2. The Labute approximate surface area is 127 Å². The second-order valence-corrected chi connectivity index (χ2v) is 8.00. The maximum Gasteiger partial charge on any atom is 0.262 e. The molecule has 0 radical (unpaired) electrons. The fourth-order valence-electron chi connectivity index (χ4n) is 2.48. The molecule has 2 heterocycles. The van der Waals surface area contributed by atoms with Crippen molar-refractivity contribution in [3.63, 3.8) is 0 Å². The van der Waals surface area contributed by atoms with Crippen LogP contribution in [0.2, 0.25) is 0 Å². The lowest BCUT2D eigenvalue weighted by molar-refractivity contribution is -0.136. The van der Waals surface area contributed by atoms with E-state index in [4.69, 9.17) is 0 Å². The van der Waals surface area contributed by atoms with E-state index in [9.17, 15) is 26.8 Å². The minimum atomic E-state index is -3.10. The SMILES string of the molecule is CC(NC(=O)C1CC(F)(F)CN1)C(=O)N1CCS(=O)(=O)CC1. The second-order valence-electron chi connectivity index (χ2n) is 5.70. The van der Waals surface area contributed by atoms with Crippen molar-refractivity contribution in [2.24, 2.45) is 0 Å². The van der Waals surface area contributed by atoms with Gasteiger partial charge in [0.15, 0.2) is 9.84 Å². The van der Waals surface area contributed by atoms with Gasteiger partial charge < -0.3 is 10.2 Å². The Morgan fingerprint density at radius 3 is 2.41 bits per heavy atom. The lowest BCUT2D eigenvalue weighted by Crippen LogP contribution is -2.54. The van der Waals surface area contributed by atoms with Crippen molar-refractivity contribution < 1.29 is 26.8 Å². The van der Waals surface area contributed by atoms with Crippen LogP contribution in [0.1, 0.15) is 13.3 Å². The minimum Gasteiger partial charge on any atom is -0.343 e. The zero-order chi connectivity index (χ0) is 16.5. The number of rotatable bonds is 3. The van der Waals surface area contributed by atoms with Gasteiger partial charge in [-0.25, -0.2) is 17.2 Å². The highest BCUT2D eigenvalue weighted by Crippen LogP contribution is 2.25. The summed E-state index contributed by atoms with van der Waals surface area (Å²) >= 11 is 0. The summed E-state index contributed by atoms with van der Waals surface area (Å²) in [5.41, 5.74) is 0. The van der Waals surface area contributed by atoms with Gasteiger partial charge >= 0.3 is 0 Å². The van der Waals surface area contributed by atoms with Gasteiger partial charge in [0.25, 0.3) is 5.92 Å². The Kier molecular flexibility index (Phi) is 4.71. The summed E-state index contributed by atoms with van der Waals surface area (Å²) in [5.74, 6) is -4.18. The first-order valence-corrected chi connectivity index (χ1v) is 8.83. The molecule has 2 N–H and O–H groups in total. The molecular weight excluding hydrogens is 320 g/mol. The second kappa shape index (κ2) is 6.07. The normalized spacial score (nSPS) is 28.1. The Balaban J connectivity index is 1.85. The van der Waals surface area contributed by atoms with Crippen LogP contribution in [-0.2, 0) is 19.4 Å². The van der Waals surface area contributed by atoms with E-state index in [2.05, 4.69) is 10.6 Å².